The lowest BCUT2D eigenvalue weighted by molar-refractivity contribution is 0.0455. The average molecular weight is 144 g/mol. The fourth-order valence-electron chi connectivity index (χ4n) is 0.352. The van der Waals surface area contributed by atoms with E-state index in [0.29, 0.717) is 6.61 Å². The zero-order valence-electron chi connectivity index (χ0n) is 6.29. The summed E-state index contributed by atoms with van der Waals surface area (Å²) in [4.78, 5) is 10.5. The van der Waals surface area contributed by atoms with Crippen LogP contribution in [0.25, 0.3) is 0 Å². The SMILES string of the molecule is C=C[C@H](C)OC(=O)OCC. The Morgan fingerprint density at radius 1 is 1.80 bits per heavy atom. The molecule has 0 rings (SSSR count). The van der Waals surface area contributed by atoms with Gasteiger partial charge in [-0.2, -0.15) is 0 Å². The standard InChI is InChI=1S/C7H12O3/c1-4-6(3)10-7(8)9-5-2/h4,6H,1,5H2,2-3H3/t6-/m0/s1. The molecule has 0 unspecified atom stereocenters. The van der Waals surface area contributed by atoms with Gasteiger partial charge >= 0.3 is 6.16 Å². The van der Waals surface area contributed by atoms with Crippen LogP contribution in [0.3, 0.4) is 0 Å². The summed E-state index contributed by atoms with van der Waals surface area (Å²) in [5, 5.41) is 0. The van der Waals surface area contributed by atoms with Crippen molar-refractivity contribution in [3.63, 3.8) is 0 Å². The Morgan fingerprint density at radius 3 is 2.80 bits per heavy atom. The summed E-state index contributed by atoms with van der Waals surface area (Å²) in [6, 6.07) is 0. The van der Waals surface area contributed by atoms with Crippen molar-refractivity contribution in [2.75, 3.05) is 6.61 Å². The molecular formula is C7H12O3. The van der Waals surface area contributed by atoms with Gasteiger partial charge in [0.25, 0.3) is 0 Å². The quantitative estimate of drug-likeness (QED) is 0.447. The normalized spacial score (nSPS) is 11.8. The van der Waals surface area contributed by atoms with E-state index in [-0.39, 0.29) is 6.10 Å². The van der Waals surface area contributed by atoms with E-state index in [1.54, 1.807) is 13.8 Å². The Hall–Kier alpha value is -0.990. The zero-order chi connectivity index (χ0) is 7.98. The van der Waals surface area contributed by atoms with Crippen molar-refractivity contribution in [1.82, 2.24) is 0 Å². The second kappa shape index (κ2) is 4.85. The van der Waals surface area contributed by atoms with Gasteiger partial charge in [-0.25, -0.2) is 4.79 Å². The van der Waals surface area contributed by atoms with Gasteiger partial charge in [-0.15, -0.1) is 0 Å². The molecular weight excluding hydrogens is 132 g/mol. The van der Waals surface area contributed by atoms with Crippen LogP contribution in [0.4, 0.5) is 4.79 Å². The molecule has 0 aromatic heterocycles. The van der Waals surface area contributed by atoms with Gasteiger partial charge in [0, 0.05) is 0 Å². The van der Waals surface area contributed by atoms with Crippen molar-refractivity contribution >= 4 is 6.16 Å². The highest BCUT2D eigenvalue weighted by atomic mass is 16.7. The van der Waals surface area contributed by atoms with Gasteiger partial charge in [-0.1, -0.05) is 12.7 Å². The van der Waals surface area contributed by atoms with Crippen molar-refractivity contribution < 1.29 is 14.3 Å². The lowest BCUT2D eigenvalue weighted by Crippen LogP contribution is -2.13. The first-order chi connectivity index (χ1) is 4.70. The van der Waals surface area contributed by atoms with Crippen molar-refractivity contribution in [1.29, 1.82) is 0 Å². The third-order valence-electron chi connectivity index (χ3n) is 0.876. The van der Waals surface area contributed by atoms with E-state index in [1.807, 2.05) is 0 Å². The fraction of sp³-hybridized carbons (Fsp3) is 0.571. The summed E-state index contributed by atoms with van der Waals surface area (Å²) < 4.78 is 9.17. The highest BCUT2D eigenvalue weighted by molar-refractivity contribution is 5.60. The van der Waals surface area contributed by atoms with Crippen molar-refractivity contribution in [3.05, 3.63) is 12.7 Å². The molecule has 0 saturated carbocycles. The number of hydrogen-bond donors (Lipinski definition) is 0. The molecule has 3 nitrogen and oxygen atoms in total. The van der Waals surface area contributed by atoms with Gasteiger partial charge < -0.3 is 9.47 Å². The molecule has 1 atom stereocenters. The third kappa shape index (κ3) is 3.95. The van der Waals surface area contributed by atoms with Crippen LogP contribution in [0.2, 0.25) is 0 Å². The number of hydrogen-bond acceptors (Lipinski definition) is 3. The van der Waals surface area contributed by atoms with E-state index in [4.69, 9.17) is 0 Å². The molecule has 0 fully saturated rings. The smallest absolute Gasteiger partial charge is 0.435 e. The van der Waals surface area contributed by atoms with Crippen LogP contribution >= 0.6 is 0 Å². The maximum absolute atomic E-state index is 10.5. The summed E-state index contributed by atoms with van der Waals surface area (Å²) >= 11 is 0. The van der Waals surface area contributed by atoms with Gasteiger partial charge in [0.2, 0.25) is 0 Å². The molecule has 0 saturated heterocycles. The van der Waals surface area contributed by atoms with E-state index in [2.05, 4.69) is 16.1 Å². The minimum absolute atomic E-state index is 0.279. The highest BCUT2D eigenvalue weighted by Gasteiger charge is 2.04. The highest BCUT2D eigenvalue weighted by Crippen LogP contribution is 1.93. The predicted molar refractivity (Wildman–Crippen MR) is 37.8 cm³/mol. The van der Waals surface area contributed by atoms with Crippen molar-refractivity contribution in [2.45, 2.75) is 20.0 Å². The van der Waals surface area contributed by atoms with Crippen LogP contribution in [-0.4, -0.2) is 18.9 Å². The molecule has 10 heavy (non-hydrogen) atoms. The van der Waals surface area contributed by atoms with E-state index in [0.717, 1.165) is 0 Å². The Balaban J connectivity index is 3.46. The lowest BCUT2D eigenvalue weighted by atomic mass is 10.4. The molecule has 0 aromatic carbocycles. The molecule has 0 aliphatic heterocycles. The summed E-state index contributed by atoms with van der Waals surface area (Å²) in [5.41, 5.74) is 0. The number of rotatable bonds is 3. The van der Waals surface area contributed by atoms with Crippen molar-refractivity contribution in [3.8, 4) is 0 Å². The first-order valence-electron chi connectivity index (χ1n) is 3.16. The van der Waals surface area contributed by atoms with E-state index in [1.165, 1.54) is 6.08 Å². The number of carbonyl (C=O) groups excluding carboxylic acids is 1. The van der Waals surface area contributed by atoms with Crippen molar-refractivity contribution in [2.24, 2.45) is 0 Å². The summed E-state index contributed by atoms with van der Waals surface area (Å²) in [6.07, 6.45) is 0.602. The molecule has 58 valence electrons. The lowest BCUT2D eigenvalue weighted by Gasteiger charge is -2.06. The summed E-state index contributed by atoms with van der Waals surface area (Å²) in [7, 11) is 0. The molecule has 0 bridgehead atoms. The fourth-order valence-corrected chi connectivity index (χ4v) is 0.352. The molecule has 0 N–H and O–H groups in total. The molecule has 0 amide bonds. The van der Waals surface area contributed by atoms with E-state index < -0.39 is 6.16 Å². The van der Waals surface area contributed by atoms with Crippen LogP contribution in [-0.2, 0) is 9.47 Å². The van der Waals surface area contributed by atoms with Crippen LogP contribution in [0.1, 0.15) is 13.8 Å². The monoisotopic (exact) mass is 144 g/mol. The zero-order valence-corrected chi connectivity index (χ0v) is 6.29. The number of carbonyl (C=O) groups is 1. The Labute approximate surface area is 60.6 Å². The minimum atomic E-state index is -0.644. The maximum atomic E-state index is 10.5. The first-order valence-corrected chi connectivity index (χ1v) is 3.16. The molecule has 0 aromatic rings. The Bertz CT molecular complexity index is 120. The molecule has 0 radical (unpaired) electrons. The first kappa shape index (κ1) is 9.01. The van der Waals surface area contributed by atoms with Gasteiger partial charge in [0.1, 0.15) is 6.10 Å². The Kier molecular flexibility index (Phi) is 4.37. The van der Waals surface area contributed by atoms with Crippen LogP contribution in [0, 0.1) is 0 Å². The van der Waals surface area contributed by atoms with Gasteiger partial charge in [-0.3, -0.25) is 0 Å². The second-order valence-corrected chi connectivity index (χ2v) is 1.74. The second-order valence-electron chi connectivity index (χ2n) is 1.74. The van der Waals surface area contributed by atoms with Crippen LogP contribution in [0.5, 0.6) is 0 Å². The largest absolute Gasteiger partial charge is 0.508 e. The van der Waals surface area contributed by atoms with E-state index >= 15 is 0 Å². The van der Waals surface area contributed by atoms with Gasteiger partial charge in [0.15, 0.2) is 0 Å². The molecule has 0 aliphatic rings. The predicted octanol–water partition coefficient (Wildman–Crippen LogP) is 1.73. The number of ether oxygens (including phenoxy) is 2. The maximum Gasteiger partial charge on any atom is 0.508 e. The van der Waals surface area contributed by atoms with Crippen LogP contribution in [0.15, 0.2) is 12.7 Å². The molecule has 0 spiro atoms. The van der Waals surface area contributed by atoms with Gasteiger partial charge in [0.05, 0.1) is 6.61 Å². The molecule has 0 heterocycles. The van der Waals surface area contributed by atoms with Crippen LogP contribution < -0.4 is 0 Å². The van der Waals surface area contributed by atoms with Gasteiger partial charge in [-0.05, 0) is 13.8 Å². The van der Waals surface area contributed by atoms with E-state index in [9.17, 15) is 4.79 Å². The molecule has 3 heteroatoms. The topological polar surface area (TPSA) is 35.5 Å². The summed E-state index contributed by atoms with van der Waals surface area (Å²) in [6.45, 7) is 7.21. The Morgan fingerprint density at radius 2 is 2.40 bits per heavy atom. The third-order valence-corrected chi connectivity index (χ3v) is 0.876. The summed E-state index contributed by atoms with van der Waals surface area (Å²) in [5.74, 6) is 0. The minimum Gasteiger partial charge on any atom is -0.435 e. The molecule has 0 aliphatic carbocycles. The average Bonchev–Trinajstić information content (AvgIpc) is 1.88.